The summed E-state index contributed by atoms with van der Waals surface area (Å²) in [4.78, 5) is 48.2. The number of hydrogen-bond acceptors (Lipinski definition) is 10. The van der Waals surface area contributed by atoms with Gasteiger partial charge < -0.3 is 39.2 Å². The predicted molar refractivity (Wildman–Crippen MR) is 257 cm³/mol. The van der Waals surface area contributed by atoms with Gasteiger partial charge in [-0.2, -0.15) is 0 Å². The van der Waals surface area contributed by atoms with Gasteiger partial charge in [0.05, 0.1) is 31.8 Å². The first-order valence-corrected chi connectivity index (χ1v) is 26.7. The number of amides is 1. The van der Waals surface area contributed by atoms with Crippen LogP contribution in [0.1, 0.15) is 253 Å². The summed E-state index contributed by atoms with van der Waals surface area (Å²) in [7, 11) is -2.32. The van der Waals surface area contributed by atoms with Gasteiger partial charge in [0.15, 0.2) is 6.10 Å². The number of unbranched alkanes of at least 4 members (excludes halogenated alkanes) is 28. The second kappa shape index (κ2) is 42.3. The average molecular weight is 903 g/mol. The Bertz CT molecular complexity index is 1040. The van der Waals surface area contributed by atoms with Crippen molar-refractivity contribution in [2.75, 3.05) is 33.0 Å². The molecule has 0 fully saturated rings. The van der Waals surface area contributed by atoms with E-state index >= 15 is 0 Å². The Labute approximate surface area is 382 Å². The molecule has 11 nitrogen and oxygen atoms in total. The summed E-state index contributed by atoms with van der Waals surface area (Å²) in [6.07, 6.45) is 37.4. The van der Waals surface area contributed by atoms with Gasteiger partial charge in [-0.15, -0.1) is 0 Å². The Morgan fingerprint density at radius 3 is 1.35 bits per heavy atom. The fourth-order valence-corrected chi connectivity index (χ4v) is 7.90. The number of nitrogens with one attached hydrogen (secondary N) is 1. The molecule has 0 aromatic carbocycles. The van der Waals surface area contributed by atoms with E-state index in [1.807, 2.05) is 27.7 Å². The molecule has 0 heterocycles. The van der Waals surface area contributed by atoms with Gasteiger partial charge >= 0.3 is 20.5 Å². The van der Waals surface area contributed by atoms with E-state index in [4.69, 9.17) is 29.0 Å². The van der Waals surface area contributed by atoms with Gasteiger partial charge in [0, 0.05) is 24.9 Å². The van der Waals surface area contributed by atoms with Crippen molar-refractivity contribution >= 4 is 26.4 Å². The van der Waals surface area contributed by atoms with Crippen LogP contribution >= 0.6 is 8.60 Å². The summed E-state index contributed by atoms with van der Waals surface area (Å²) < 4.78 is 27.9. The van der Waals surface area contributed by atoms with Crippen LogP contribution in [-0.2, 0) is 37.6 Å². The first-order valence-electron chi connectivity index (χ1n) is 25.6. The molecule has 0 aliphatic heterocycles. The molecule has 0 bridgehead atoms. The molecule has 0 rings (SSSR count). The first kappa shape index (κ1) is 60.6. The van der Waals surface area contributed by atoms with Crippen molar-refractivity contribution in [3.63, 3.8) is 0 Å². The van der Waals surface area contributed by atoms with Crippen molar-refractivity contribution in [2.24, 2.45) is 5.73 Å². The second-order valence-electron chi connectivity index (χ2n) is 19.1. The third-order valence-corrected chi connectivity index (χ3v) is 11.9. The largest absolute Gasteiger partial charge is 0.462 e. The Kier molecular flexibility index (Phi) is 41.4. The SMILES string of the molecule is CCCCCCCCCCCCCCCCCC(=O)OCC(COP(O)OCCNC(=O)CC(C)(C)OCC(C)(C)N)OC(=O)CCCCCCCCCCCCCCCCC. The summed E-state index contributed by atoms with van der Waals surface area (Å²) in [6, 6.07) is 0. The zero-order chi connectivity index (χ0) is 46.0. The average Bonchev–Trinajstić information content (AvgIpc) is 3.22. The normalized spacial score (nSPS) is 13.0. The lowest BCUT2D eigenvalue weighted by molar-refractivity contribution is -0.161. The van der Waals surface area contributed by atoms with Gasteiger partial charge in [0.1, 0.15) is 6.61 Å². The topological polar surface area (TPSA) is 156 Å². The molecule has 0 spiro atoms. The van der Waals surface area contributed by atoms with Gasteiger partial charge in [-0.25, -0.2) is 0 Å². The molecule has 0 saturated heterocycles. The summed E-state index contributed by atoms with van der Waals surface area (Å²) in [6.45, 7) is 12.1. The standard InChI is InChI=1S/C50H99N2O9P/c1-7-9-11-13-15-17-19-21-23-25-27-29-31-33-35-37-47(54)57-42-45(43-60-62(56)59-40-39-52-46(53)41-50(5,6)58-44-49(3,4)51)61-48(55)38-36-34-32-30-28-26-24-22-20-18-16-14-12-10-8-2/h45,56H,7-44,51H2,1-6H3,(H,52,53). The number of carbonyl (C=O) groups excluding carboxylic acids is 3. The van der Waals surface area contributed by atoms with Crippen LogP contribution in [0.4, 0.5) is 0 Å². The lowest BCUT2D eigenvalue weighted by Crippen LogP contribution is -2.43. The van der Waals surface area contributed by atoms with Gasteiger partial charge in [-0.3, -0.25) is 14.4 Å². The molecular weight excluding hydrogens is 804 g/mol. The Morgan fingerprint density at radius 2 is 0.952 bits per heavy atom. The molecule has 12 heteroatoms. The quantitative estimate of drug-likeness (QED) is 0.0305. The maximum absolute atomic E-state index is 12.8. The molecule has 0 aromatic heterocycles. The fourth-order valence-electron chi connectivity index (χ4n) is 7.28. The van der Waals surface area contributed by atoms with Crippen molar-refractivity contribution in [1.29, 1.82) is 0 Å². The van der Waals surface area contributed by atoms with E-state index in [2.05, 4.69) is 19.2 Å². The van der Waals surface area contributed by atoms with E-state index in [9.17, 15) is 19.3 Å². The van der Waals surface area contributed by atoms with Crippen molar-refractivity contribution in [3.05, 3.63) is 0 Å². The van der Waals surface area contributed by atoms with Crippen molar-refractivity contribution in [2.45, 2.75) is 271 Å². The highest BCUT2D eigenvalue weighted by atomic mass is 31.2. The van der Waals surface area contributed by atoms with Crippen LogP contribution in [0, 0.1) is 0 Å². The van der Waals surface area contributed by atoms with Crippen molar-refractivity contribution in [3.8, 4) is 0 Å². The monoisotopic (exact) mass is 903 g/mol. The van der Waals surface area contributed by atoms with E-state index in [1.54, 1.807) is 0 Å². The molecule has 368 valence electrons. The molecule has 0 saturated carbocycles. The minimum Gasteiger partial charge on any atom is -0.462 e. The van der Waals surface area contributed by atoms with Crippen LogP contribution in [0.2, 0.25) is 0 Å². The van der Waals surface area contributed by atoms with E-state index < -0.39 is 25.8 Å². The Hall–Kier alpha value is -1.36. The third kappa shape index (κ3) is 45.2. The van der Waals surface area contributed by atoms with Gasteiger partial charge in [-0.05, 0) is 40.5 Å². The second-order valence-corrected chi connectivity index (χ2v) is 20.1. The molecule has 0 aromatic rings. The molecule has 2 atom stereocenters. The fraction of sp³-hybridized carbons (Fsp3) is 0.940. The minimum absolute atomic E-state index is 0.0168. The molecule has 62 heavy (non-hydrogen) atoms. The highest BCUT2D eigenvalue weighted by Crippen LogP contribution is 2.32. The molecular formula is C50H99N2O9P. The van der Waals surface area contributed by atoms with Crippen molar-refractivity contribution < 1.29 is 42.5 Å². The molecule has 1 amide bonds. The molecule has 0 aliphatic rings. The van der Waals surface area contributed by atoms with Crippen LogP contribution in [0.3, 0.4) is 0 Å². The number of rotatable bonds is 47. The minimum atomic E-state index is -2.32. The van der Waals surface area contributed by atoms with Crippen molar-refractivity contribution in [1.82, 2.24) is 5.32 Å². The van der Waals surface area contributed by atoms with Crippen LogP contribution in [-0.4, -0.2) is 73.0 Å². The van der Waals surface area contributed by atoms with E-state index in [-0.39, 0.29) is 57.1 Å². The third-order valence-electron chi connectivity index (χ3n) is 11.1. The van der Waals surface area contributed by atoms with Gasteiger partial charge in [0.25, 0.3) is 0 Å². The summed E-state index contributed by atoms with van der Waals surface area (Å²) in [5.41, 5.74) is 4.80. The Balaban J connectivity index is 4.50. The highest BCUT2D eigenvalue weighted by Gasteiger charge is 2.26. The lowest BCUT2D eigenvalue weighted by atomic mass is 10.0. The van der Waals surface area contributed by atoms with Crippen LogP contribution in [0.5, 0.6) is 0 Å². The maximum atomic E-state index is 12.8. The zero-order valence-electron chi connectivity index (χ0n) is 41.2. The predicted octanol–water partition coefficient (Wildman–Crippen LogP) is 13.3. The summed E-state index contributed by atoms with van der Waals surface area (Å²) in [5, 5.41) is 2.76. The number of ether oxygens (including phenoxy) is 3. The number of esters is 2. The first-order chi connectivity index (χ1) is 29.8. The molecule has 2 unspecified atom stereocenters. The summed E-state index contributed by atoms with van der Waals surface area (Å²) in [5.74, 6) is -0.926. The van der Waals surface area contributed by atoms with Gasteiger partial charge in [-0.1, -0.05) is 194 Å². The van der Waals surface area contributed by atoms with E-state index in [1.165, 1.54) is 154 Å². The van der Waals surface area contributed by atoms with E-state index in [0.29, 0.717) is 13.0 Å². The lowest BCUT2D eigenvalue weighted by Gasteiger charge is -2.29. The van der Waals surface area contributed by atoms with Gasteiger partial charge in [0.2, 0.25) is 5.91 Å². The number of carbonyl (C=O) groups is 3. The van der Waals surface area contributed by atoms with Crippen LogP contribution < -0.4 is 11.1 Å². The smallest absolute Gasteiger partial charge is 0.330 e. The van der Waals surface area contributed by atoms with Crippen LogP contribution in [0.15, 0.2) is 0 Å². The van der Waals surface area contributed by atoms with Crippen LogP contribution in [0.25, 0.3) is 0 Å². The maximum Gasteiger partial charge on any atom is 0.330 e. The Morgan fingerprint density at radius 1 is 0.565 bits per heavy atom. The van der Waals surface area contributed by atoms with E-state index in [0.717, 1.165) is 38.5 Å². The number of hydrogen-bond donors (Lipinski definition) is 3. The molecule has 4 N–H and O–H groups in total. The zero-order valence-corrected chi connectivity index (χ0v) is 42.1. The molecule has 0 aliphatic carbocycles. The summed E-state index contributed by atoms with van der Waals surface area (Å²) >= 11 is 0. The molecule has 0 radical (unpaired) electrons. The highest BCUT2D eigenvalue weighted by molar-refractivity contribution is 7.40. The number of nitrogens with two attached hydrogens (primary N) is 1.